The molecule has 2 heteroatoms. The van der Waals surface area contributed by atoms with Crippen LogP contribution in [0.15, 0.2) is 0 Å². The Morgan fingerprint density at radius 1 is 1.40 bits per heavy atom. The van der Waals surface area contributed by atoms with E-state index < -0.39 is 0 Å². The third kappa shape index (κ3) is 0.825. The molecule has 0 N–H and O–H groups in total. The summed E-state index contributed by atoms with van der Waals surface area (Å²) in [6.07, 6.45) is 3.88. The molecule has 1 amide bonds. The van der Waals surface area contributed by atoms with Gasteiger partial charge in [0.25, 0.3) is 0 Å². The Morgan fingerprint density at radius 3 is 2.40 bits per heavy atom. The highest BCUT2D eigenvalue weighted by molar-refractivity contribution is 5.80. The number of hydrogen-bond acceptors (Lipinski definition) is 1. The molecule has 0 aromatic rings. The molecule has 2 nitrogen and oxygen atoms in total. The van der Waals surface area contributed by atoms with Crippen molar-refractivity contribution in [1.29, 1.82) is 0 Å². The average Bonchev–Trinajstić information content (AvgIpc) is 2.41. The average molecular weight is 138 g/mol. The Hall–Kier alpha value is -0.530. The fourth-order valence-electron chi connectivity index (χ4n) is 1.73. The first-order chi connectivity index (χ1) is 4.72. The van der Waals surface area contributed by atoms with E-state index in [9.17, 15) is 4.79 Å². The minimum atomic E-state index is 0.00350. The second kappa shape index (κ2) is 1.74. The van der Waals surface area contributed by atoms with Gasteiger partial charge in [0.15, 0.2) is 0 Å². The Balaban J connectivity index is 1.99. The zero-order valence-corrected chi connectivity index (χ0v) is 6.10. The van der Waals surface area contributed by atoms with Gasteiger partial charge in [0.1, 0.15) is 0 Å². The quantitative estimate of drug-likeness (QED) is 0.485. The van der Waals surface area contributed by atoms with E-state index in [1.165, 1.54) is 19.3 Å². The highest BCUT2D eigenvalue weighted by Gasteiger charge is 2.48. The number of rotatable bonds is 0. The molecule has 10 heavy (non-hydrogen) atoms. The number of carbonyl (C=O) groups is 1. The van der Waals surface area contributed by atoms with E-state index in [0.717, 1.165) is 13.1 Å². The molecule has 0 aromatic heterocycles. The zero-order chi connectivity index (χ0) is 7.19. The van der Waals surface area contributed by atoms with Crippen molar-refractivity contribution in [3.8, 4) is 0 Å². The molecule has 1 saturated heterocycles. The standard InChI is InChI=1S/C8H12NO/c1-7(10)9-5-4-8(6-9)2-3-8/h1-6H2. The van der Waals surface area contributed by atoms with Crippen molar-refractivity contribution in [2.45, 2.75) is 19.3 Å². The Labute approximate surface area is 61.2 Å². The lowest BCUT2D eigenvalue weighted by atomic mass is 10.1. The molecule has 55 valence electrons. The Kier molecular flexibility index (Phi) is 1.08. The van der Waals surface area contributed by atoms with Gasteiger partial charge in [-0.3, -0.25) is 4.79 Å². The third-order valence-electron chi connectivity index (χ3n) is 2.75. The molecule has 1 radical (unpaired) electrons. The number of carbonyl (C=O) groups excluding carboxylic acids is 1. The summed E-state index contributed by atoms with van der Waals surface area (Å²) in [6.45, 7) is 5.33. The summed E-state index contributed by atoms with van der Waals surface area (Å²) in [6, 6.07) is 0. The van der Waals surface area contributed by atoms with Crippen LogP contribution in [0.2, 0.25) is 0 Å². The van der Waals surface area contributed by atoms with E-state index in [1.54, 1.807) is 0 Å². The number of hydrogen-bond donors (Lipinski definition) is 0. The van der Waals surface area contributed by atoms with Crippen LogP contribution in [0.4, 0.5) is 0 Å². The maximum atomic E-state index is 10.8. The summed E-state index contributed by atoms with van der Waals surface area (Å²) in [5.41, 5.74) is 0.563. The van der Waals surface area contributed by atoms with Gasteiger partial charge < -0.3 is 4.90 Å². The van der Waals surface area contributed by atoms with Gasteiger partial charge in [-0.15, -0.1) is 0 Å². The molecular formula is C8H12NO. The van der Waals surface area contributed by atoms with Gasteiger partial charge >= 0.3 is 0 Å². The first-order valence-corrected chi connectivity index (χ1v) is 3.83. The molecule has 0 atom stereocenters. The highest BCUT2D eigenvalue weighted by atomic mass is 16.2. The molecule has 0 aromatic carbocycles. The van der Waals surface area contributed by atoms with Gasteiger partial charge in [-0.05, 0) is 24.7 Å². The van der Waals surface area contributed by atoms with E-state index in [1.807, 2.05) is 4.90 Å². The second-order valence-electron chi connectivity index (χ2n) is 3.57. The fourth-order valence-corrected chi connectivity index (χ4v) is 1.73. The predicted molar refractivity (Wildman–Crippen MR) is 38.2 cm³/mol. The van der Waals surface area contributed by atoms with Gasteiger partial charge in [0.2, 0.25) is 5.91 Å². The summed E-state index contributed by atoms with van der Waals surface area (Å²) in [5, 5.41) is 0. The molecule has 1 aliphatic carbocycles. The van der Waals surface area contributed by atoms with Crippen LogP contribution < -0.4 is 0 Å². The van der Waals surface area contributed by atoms with Crippen molar-refractivity contribution in [2.24, 2.45) is 5.41 Å². The van der Waals surface area contributed by atoms with Gasteiger partial charge in [0.05, 0.1) is 0 Å². The SMILES string of the molecule is [CH2]C(=O)N1CCC2(CC2)C1. The molecular weight excluding hydrogens is 126 g/mol. The van der Waals surface area contributed by atoms with Crippen molar-refractivity contribution in [2.75, 3.05) is 13.1 Å². The summed E-state index contributed by atoms with van der Waals surface area (Å²) < 4.78 is 0. The Morgan fingerprint density at radius 2 is 2.10 bits per heavy atom. The van der Waals surface area contributed by atoms with Gasteiger partial charge in [-0.1, -0.05) is 0 Å². The van der Waals surface area contributed by atoms with E-state index in [0.29, 0.717) is 5.41 Å². The van der Waals surface area contributed by atoms with Crippen molar-refractivity contribution in [3.05, 3.63) is 6.92 Å². The van der Waals surface area contributed by atoms with E-state index >= 15 is 0 Å². The number of likely N-dealkylation sites (tertiary alicyclic amines) is 1. The second-order valence-corrected chi connectivity index (χ2v) is 3.57. The van der Waals surface area contributed by atoms with Crippen molar-refractivity contribution >= 4 is 5.91 Å². The zero-order valence-electron chi connectivity index (χ0n) is 6.10. The van der Waals surface area contributed by atoms with Crippen LogP contribution in [0.5, 0.6) is 0 Å². The maximum Gasteiger partial charge on any atom is 0.223 e. The van der Waals surface area contributed by atoms with E-state index in [2.05, 4.69) is 6.92 Å². The van der Waals surface area contributed by atoms with Crippen LogP contribution in [0.3, 0.4) is 0 Å². The van der Waals surface area contributed by atoms with Crippen molar-refractivity contribution in [1.82, 2.24) is 4.90 Å². The molecule has 2 rings (SSSR count). The monoisotopic (exact) mass is 138 g/mol. The molecule has 0 unspecified atom stereocenters. The van der Waals surface area contributed by atoms with Crippen LogP contribution in [-0.2, 0) is 4.79 Å². The normalized spacial score (nSPS) is 27.5. The smallest absolute Gasteiger partial charge is 0.223 e. The minimum Gasteiger partial charge on any atom is -0.342 e. The third-order valence-corrected chi connectivity index (χ3v) is 2.75. The lowest BCUT2D eigenvalue weighted by molar-refractivity contribution is -0.125. The lowest BCUT2D eigenvalue weighted by Gasteiger charge is -2.12. The van der Waals surface area contributed by atoms with Crippen molar-refractivity contribution < 1.29 is 4.79 Å². The predicted octanol–water partition coefficient (Wildman–Crippen LogP) is 0.833. The number of nitrogens with zero attached hydrogens (tertiary/aromatic N) is 1. The first-order valence-electron chi connectivity index (χ1n) is 3.83. The molecule has 0 bridgehead atoms. The summed E-state index contributed by atoms with van der Waals surface area (Å²) in [7, 11) is 0. The summed E-state index contributed by atoms with van der Waals surface area (Å²) in [5.74, 6) is 0.00350. The van der Waals surface area contributed by atoms with E-state index in [-0.39, 0.29) is 5.91 Å². The van der Waals surface area contributed by atoms with E-state index in [4.69, 9.17) is 0 Å². The first kappa shape index (κ1) is 6.20. The number of amides is 1. The summed E-state index contributed by atoms with van der Waals surface area (Å²) >= 11 is 0. The fraction of sp³-hybridized carbons (Fsp3) is 0.750. The highest BCUT2D eigenvalue weighted by Crippen LogP contribution is 2.52. The van der Waals surface area contributed by atoms with Gasteiger partial charge in [-0.2, -0.15) is 0 Å². The van der Waals surface area contributed by atoms with Crippen molar-refractivity contribution in [3.63, 3.8) is 0 Å². The molecule has 1 saturated carbocycles. The maximum absolute atomic E-state index is 10.8. The van der Waals surface area contributed by atoms with Crippen LogP contribution in [0, 0.1) is 12.3 Å². The van der Waals surface area contributed by atoms with Crippen LogP contribution in [0.25, 0.3) is 0 Å². The van der Waals surface area contributed by atoms with Crippen LogP contribution >= 0.6 is 0 Å². The molecule has 1 spiro atoms. The van der Waals surface area contributed by atoms with Crippen LogP contribution in [-0.4, -0.2) is 23.9 Å². The largest absolute Gasteiger partial charge is 0.342 e. The van der Waals surface area contributed by atoms with Crippen LogP contribution in [0.1, 0.15) is 19.3 Å². The van der Waals surface area contributed by atoms with Gasteiger partial charge in [-0.25, -0.2) is 0 Å². The topological polar surface area (TPSA) is 20.3 Å². The van der Waals surface area contributed by atoms with Gasteiger partial charge in [0, 0.05) is 20.0 Å². The molecule has 1 aliphatic heterocycles. The molecule has 2 aliphatic rings. The minimum absolute atomic E-state index is 0.00350. The lowest BCUT2D eigenvalue weighted by Crippen LogP contribution is -2.26. The summed E-state index contributed by atoms with van der Waals surface area (Å²) in [4.78, 5) is 12.6. The molecule has 1 heterocycles. The Bertz CT molecular complexity index is 172. The molecule has 2 fully saturated rings.